The summed E-state index contributed by atoms with van der Waals surface area (Å²) in [4.78, 5) is 24.6. The zero-order chi connectivity index (χ0) is 20.7. The van der Waals surface area contributed by atoms with Gasteiger partial charge in [-0.3, -0.25) is 9.59 Å². The molecule has 8 atom stereocenters. The summed E-state index contributed by atoms with van der Waals surface area (Å²) in [6.45, 7) is 4.65. The molecular weight excluding hydrogens is 363 g/mol. The number of carbonyl (C=O) groups is 2. The summed E-state index contributed by atoms with van der Waals surface area (Å²) >= 11 is 0. The van der Waals surface area contributed by atoms with Crippen molar-refractivity contribution in [3.63, 3.8) is 0 Å². The van der Waals surface area contributed by atoms with Gasteiger partial charge < -0.3 is 15.3 Å². The number of aliphatic hydroxyl groups is 3. The van der Waals surface area contributed by atoms with Gasteiger partial charge in [-0.1, -0.05) is 26.3 Å². The van der Waals surface area contributed by atoms with E-state index in [1.54, 1.807) is 19.9 Å². The second-order valence-electron chi connectivity index (χ2n) is 10.1. The van der Waals surface area contributed by atoms with Gasteiger partial charge in [-0.15, -0.1) is 0 Å². The SMILES string of the molecule is C[C@@H]1C[C@@]2(C)C(=CC1=O)CC[C@H]1[C@@H]3CC[C@@](O)(C(=O)CO)[C@@]3(C)C[C@H](O)[C@@]12F. The fourth-order valence-electron chi connectivity index (χ4n) is 7.49. The first-order valence-corrected chi connectivity index (χ1v) is 10.4. The van der Waals surface area contributed by atoms with E-state index in [1.807, 2.05) is 6.92 Å². The summed E-state index contributed by atoms with van der Waals surface area (Å²) in [6.07, 6.45) is 2.34. The van der Waals surface area contributed by atoms with E-state index in [2.05, 4.69) is 0 Å². The molecule has 0 amide bonds. The molecule has 0 aromatic rings. The molecule has 0 aliphatic heterocycles. The number of rotatable bonds is 2. The Hall–Kier alpha value is -1.11. The lowest BCUT2D eigenvalue weighted by Gasteiger charge is -2.63. The molecule has 3 fully saturated rings. The molecule has 4 aliphatic rings. The summed E-state index contributed by atoms with van der Waals surface area (Å²) in [5.74, 6) is -1.67. The van der Waals surface area contributed by atoms with Crippen molar-refractivity contribution in [3.8, 4) is 0 Å². The summed E-state index contributed by atoms with van der Waals surface area (Å²) < 4.78 is 17.0. The Morgan fingerprint density at radius 3 is 2.57 bits per heavy atom. The number of hydrogen-bond acceptors (Lipinski definition) is 5. The molecule has 0 aromatic heterocycles. The second-order valence-corrected chi connectivity index (χ2v) is 10.1. The number of allylic oxidation sites excluding steroid dienone is 1. The van der Waals surface area contributed by atoms with E-state index in [0.29, 0.717) is 25.7 Å². The average Bonchev–Trinajstić information content (AvgIpc) is 2.89. The van der Waals surface area contributed by atoms with E-state index in [1.165, 1.54) is 0 Å². The summed E-state index contributed by atoms with van der Waals surface area (Å²) in [5, 5.41) is 31.7. The molecular formula is C22H31FO5. The lowest BCUT2D eigenvalue weighted by Crippen LogP contribution is -2.69. The van der Waals surface area contributed by atoms with Gasteiger partial charge in [0.05, 0.1) is 6.10 Å². The van der Waals surface area contributed by atoms with Crippen LogP contribution in [0.4, 0.5) is 4.39 Å². The number of alkyl halides is 1. The van der Waals surface area contributed by atoms with Crippen molar-refractivity contribution in [2.45, 2.75) is 76.7 Å². The van der Waals surface area contributed by atoms with Crippen molar-refractivity contribution in [2.24, 2.45) is 28.6 Å². The highest BCUT2D eigenvalue weighted by Gasteiger charge is 2.74. The molecule has 6 heteroatoms. The summed E-state index contributed by atoms with van der Waals surface area (Å²) in [6, 6.07) is 0. The van der Waals surface area contributed by atoms with Crippen LogP contribution in [0.25, 0.3) is 0 Å². The van der Waals surface area contributed by atoms with Gasteiger partial charge in [0.25, 0.3) is 0 Å². The van der Waals surface area contributed by atoms with Crippen molar-refractivity contribution in [2.75, 3.05) is 6.61 Å². The smallest absolute Gasteiger partial charge is 0.190 e. The molecule has 156 valence electrons. The minimum absolute atomic E-state index is 0.0217. The van der Waals surface area contributed by atoms with Gasteiger partial charge in [0.2, 0.25) is 0 Å². The Kier molecular flexibility index (Phi) is 4.29. The van der Waals surface area contributed by atoms with Crippen molar-refractivity contribution in [1.29, 1.82) is 0 Å². The van der Waals surface area contributed by atoms with Crippen LogP contribution >= 0.6 is 0 Å². The van der Waals surface area contributed by atoms with Crippen molar-refractivity contribution in [3.05, 3.63) is 11.6 Å². The number of ketones is 2. The van der Waals surface area contributed by atoms with Crippen LogP contribution in [-0.2, 0) is 9.59 Å². The zero-order valence-corrected chi connectivity index (χ0v) is 16.9. The number of fused-ring (bicyclic) bond motifs is 5. The Balaban J connectivity index is 1.80. The van der Waals surface area contributed by atoms with E-state index in [4.69, 9.17) is 0 Å². The Morgan fingerprint density at radius 1 is 1.25 bits per heavy atom. The normalized spacial score (nSPS) is 53.1. The van der Waals surface area contributed by atoms with Crippen molar-refractivity contribution >= 4 is 11.6 Å². The maximum absolute atomic E-state index is 17.0. The highest BCUT2D eigenvalue weighted by molar-refractivity contribution is 5.93. The molecule has 4 rings (SSSR count). The number of hydrogen-bond donors (Lipinski definition) is 3. The van der Waals surface area contributed by atoms with Gasteiger partial charge in [0, 0.05) is 22.7 Å². The maximum atomic E-state index is 17.0. The monoisotopic (exact) mass is 394 g/mol. The van der Waals surface area contributed by atoms with E-state index in [-0.39, 0.29) is 30.5 Å². The van der Waals surface area contributed by atoms with E-state index in [9.17, 15) is 24.9 Å². The number of Topliss-reactive ketones (excluding diaryl/α,β-unsaturated/α-hetero) is 1. The van der Waals surface area contributed by atoms with Crippen LogP contribution in [0.15, 0.2) is 11.6 Å². The Morgan fingerprint density at radius 2 is 1.93 bits per heavy atom. The Bertz CT molecular complexity index is 764. The number of halogens is 1. The molecule has 4 aliphatic carbocycles. The van der Waals surface area contributed by atoms with Crippen LogP contribution in [0, 0.1) is 28.6 Å². The van der Waals surface area contributed by atoms with Crippen LogP contribution < -0.4 is 0 Å². The average molecular weight is 394 g/mol. The van der Waals surface area contributed by atoms with Gasteiger partial charge in [0.15, 0.2) is 11.6 Å². The van der Waals surface area contributed by atoms with Gasteiger partial charge in [-0.25, -0.2) is 4.39 Å². The molecule has 0 spiro atoms. The van der Waals surface area contributed by atoms with Crippen LogP contribution in [-0.4, -0.2) is 50.9 Å². The molecule has 5 nitrogen and oxygen atoms in total. The fraction of sp³-hybridized carbons (Fsp3) is 0.818. The van der Waals surface area contributed by atoms with Crippen molar-refractivity contribution < 1.29 is 29.3 Å². The molecule has 0 bridgehead atoms. The molecule has 0 aromatic carbocycles. The molecule has 28 heavy (non-hydrogen) atoms. The highest BCUT2D eigenvalue weighted by Crippen LogP contribution is 2.70. The molecule has 3 saturated carbocycles. The second kappa shape index (κ2) is 5.96. The lowest BCUT2D eigenvalue weighted by atomic mass is 9.43. The summed E-state index contributed by atoms with van der Waals surface area (Å²) in [5.41, 5.74) is -4.74. The van der Waals surface area contributed by atoms with Crippen LogP contribution in [0.1, 0.15) is 59.3 Å². The quantitative estimate of drug-likeness (QED) is 0.667. The predicted octanol–water partition coefficient (Wildman–Crippen LogP) is 2.12. The zero-order valence-electron chi connectivity index (χ0n) is 16.9. The minimum Gasteiger partial charge on any atom is -0.390 e. The predicted molar refractivity (Wildman–Crippen MR) is 100 cm³/mol. The lowest BCUT2D eigenvalue weighted by molar-refractivity contribution is -0.228. The van der Waals surface area contributed by atoms with Crippen LogP contribution in [0.2, 0.25) is 0 Å². The molecule has 0 unspecified atom stereocenters. The Labute approximate surface area is 165 Å². The van der Waals surface area contributed by atoms with E-state index in [0.717, 1.165) is 5.57 Å². The fourth-order valence-corrected chi connectivity index (χ4v) is 7.49. The highest BCUT2D eigenvalue weighted by atomic mass is 19.1. The third-order valence-electron chi connectivity index (χ3n) is 9.11. The molecule has 0 radical (unpaired) electrons. The van der Waals surface area contributed by atoms with Gasteiger partial charge in [-0.05, 0) is 50.5 Å². The number of aliphatic hydroxyl groups excluding tert-OH is 2. The third kappa shape index (κ3) is 2.12. The van der Waals surface area contributed by atoms with Gasteiger partial charge in [0.1, 0.15) is 17.9 Å². The summed E-state index contributed by atoms with van der Waals surface area (Å²) in [7, 11) is 0. The largest absolute Gasteiger partial charge is 0.390 e. The topological polar surface area (TPSA) is 94.8 Å². The first-order valence-electron chi connectivity index (χ1n) is 10.4. The first kappa shape index (κ1) is 20.2. The molecule has 3 N–H and O–H groups in total. The minimum atomic E-state index is -1.90. The van der Waals surface area contributed by atoms with Gasteiger partial charge in [-0.2, -0.15) is 0 Å². The van der Waals surface area contributed by atoms with Crippen molar-refractivity contribution in [1.82, 2.24) is 0 Å². The van der Waals surface area contributed by atoms with Crippen LogP contribution in [0.5, 0.6) is 0 Å². The molecule has 0 saturated heterocycles. The van der Waals surface area contributed by atoms with E-state index < -0.39 is 46.5 Å². The first-order chi connectivity index (χ1) is 13.0. The maximum Gasteiger partial charge on any atom is 0.190 e. The van der Waals surface area contributed by atoms with Crippen LogP contribution in [0.3, 0.4) is 0 Å². The van der Waals surface area contributed by atoms with E-state index >= 15 is 4.39 Å². The number of carbonyl (C=O) groups excluding carboxylic acids is 2. The van der Waals surface area contributed by atoms with Gasteiger partial charge >= 0.3 is 0 Å². The molecule has 0 heterocycles. The third-order valence-corrected chi connectivity index (χ3v) is 9.11. The standard InChI is InChI=1S/C22H31FO5/c1-12-9-19(2)13(8-16(12)25)4-5-15-14-6-7-21(28,18(27)11-24)20(14,3)10-17(26)22(15,19)23/h8,12,14-15,17,24,26,28H,4-7,9-11H2,1-3H3/t12-,14+,15+,17+,19+,20+,21-,22+/m1/s1.